The van der Waals surface area contributed by atoms with Crippen LogP contribution in [0.1, 0.15) is 142 Å². The molecule has 0 radical (unpaired) electrons. The molecule has 2 atom stereocenters. The lowest BCUT2D eigenvalue weighted by Crippen LogP contribution is -2.45. The molecule has 2 unspecified atom stereocenters. The molecule has 0 spiro atoms. The highest BCUT2D eigenvalue weighted by Crippen LogP contribution is 2.15. The summed E-state index contributed by atoms with van der Waals surface area (Å²) in [4.78, 5) is 11.4. The minimum atomic E-state index is -0.647. The van der Waals surface area contributed by atoms with Gasteiger partial charge in [0.2, 0.25) is 5.91 Å². The Balaban J connectivity index is 3.30. The normalized spacial score (nSPS) is 13.3. The van der Waals surface area contributed by atoms with Gasteiger partial charge < -0.3 is 15.5 Å². The number of aliphatic hydroxyl groups excluding tert-OH is 2. The third-order valence-electron chi connectivity index (χ3n) is 6.18. The zero-order valence-electron chi connectivity index (χ0n) is 20.3. The number of amides is 1. The van der Waals surface area contributed by atoms with E-state index in [0.29, 0.717) is 12.8 Å². The summed E-state index contributed by atoms with van der Waals surface area (Å²) in [6, 6.07) is -0.525. The molecule has 0 aromatic heterocycles. The molecule has 1 amide bonds. The standard InChI is InChI=1S/C26H53NO3/c1-3-5-6-7-8-9-10-11-12-13-14-15-16-17-18-19-20-21-22-25(29)24(23-28)27-26(30)4-2/h24-25,28-29H,3-23H2,1-2H3,(H,27,30). The van der Waals surface area contributed by atoms with Crippen LogP contribution in [0.3, 0.4) is 0 Å². The van der Waals surface area contributed by atoms with Crippen molar-refractivity contribution in [3.05, 3.63) is 0 Å². The number of carbonyl (C=O) groups excluding carboxylic acids is 1. The van der Waals surface area contributed by atoms with Crippen molar-refractivity contribution in [1.29, 1.82) is 0 Å². The van der Waals surface area contributed by atoms with Crippen LogP contribution in [0.25, 0.3) is 0 Å². The molecule has 0 fully saturated rings. The van der Waals surface area contributed by atoms with Gasteiger partial charge in [0.25, 0.3) is 0 Å². The quantitative estimate of drug-likeness (QED) is 0.160. The molecule has 0 saturated carbocycles. The average Bonchev–Trinajstić information content (AvgIpc) is 2.76. The molecule has 0 aliphatic rings. The van der Waals surface area contributed by atoms with Crippen molar-refractivity contribution in [1.82, 2.24) is 5.32 Å². The van der Waals surface area contributed by atoms with E-state index >= 15 is 0 Å². The Bertz CT molecular complexity index is 362. The van der Waals surface area contributed by atoms with Crippen molar-refractivity contribution in [2.24, 2.45) is 0 Å². The molecule has 0 saturated heterocycles. The lowest BCUT2D eigenvalue weighted by atomic mass is 10.0. The van der Waals surface area contributed by atoms with Gasteiger partial charge in [0.05, 0.1) is 18.8 Å². The molecule has 180 valence electrons. The van der Waals surface area contributed by atoms with E-state index in [1.807, 2.05) is 0 Å². The number of hydrogen-bond acceptors (Lipinski definition) is 3. The van der Waals surface area contributed by atoms with Crippen LogP contribution in [0.4, 0.5) is 0 Å². The van der Waals surface area contributed by atoms with E-state index < -0.39 is 12.1 Å². The van der Waals surface area contributed by atoms with Crippen LogP contribution in [0.15, 0.2) is 0 Å². The Kier molecular flexibility index (Phi) is 22.6. The van der Waals surface area contributed by atoms with E-state index in [9.17, 15) is 15.0 Å². The second kappa shape index (κ2) is 23.1. The third-order valence-corrected chi connectivity index (χ3v) is 6.18. The largest absolute Gasteiger partial charge is 0.394 e. The maximum absolute atomic E-state index is 11.4. The van der Waals surface area contributed by atoms with Crippen LogP contribution >= 0.6 is 0 Å². The molecule has 4 nitrogen and oxygen atoms in total. The summed E-state index contributed by atoms with van der Waals surface area (Å²) in [5.74, 6) is -0.120. The number of aliphatic hydroxyl groups is 2. The Morgan fingerprint density at radius 1 is 0.667 bits per heavy atom. The Hall–Kier alpha value is -0.610. The second-order valence-electron chi connectivity index (χ2n) is 9.08. The van der Waals surface area contributed by atoms with Gasteiger partial charge in [-0.3, -0.25) is 4.79 Å². The minimum Gasteiger partial charge on any atom is -0.394 e. The molecule has 0 aliphatic heterocycles. The van der Waals surface area contributed by atoms with Gasteiger partial charge in [0.15, 0.2) is 0 Å². The summed E-state index contributed by atoms with van der Waals surface area (Å²) in [5, 5.41) is 22.1. The van der Waals surface area contributed by atoms with Crippen molar-refractivity contribution >= 4 is 5.91 Å². The van der Waals surface area contributed by atoms with Crippen molar-refractivity contribution in [2.75, 3.05) is 6.61 Å². The minimum absolute atomic E-state index is 0.120. The molecular weight excluding hydrogens is 374 g/mol. The number of nitrogens with one attached hydrogen (secondary N) is 1. The molecule has 0 aliphatic carbocycles. The van der Waals surface area contributed by atoms with Gasteiger partial charge in [-0.15, -0.1) is 0 Å². The molecule has 4 heteroatoms. The summed E-state index contributed by atoms with van der Waals surface area (Å²) in [5.41, 5.74) is 0. The highest BCUT2D eigenvalue weighted by Gasteiger charge is 2.19. The fraction of sp³-hybridized carbons (Fsp3) is 0.962. The van der Waals surface area contributed by atoms with Crippen LogP contribution < -0.4 is 5.32 Å². The molecular formula is C26H53NO3. The summed E-state index contributed by atoms with van der Waals surface area (Å²) < 4.78 is 0. The van der Waals surface area contributed by atoms with E-state index in [4.69, 9.17) is 0 Å². The van der Waals surface area contributed by atoms with E-state index in [0.717, 1.165) is 12.8 Å². The summed E-state index contributed by atoms with van der Waals surface area (Å²) in [7, 11) is 0. The molecule has 0 aromatic carbocycles. The van der Waals surface area contributed by atoms with E-state index in [-0.39, 0.29) is 12.5 Å². The fourth-order valence-corrected chi connectivity index (χ4v) is 4.03. The van der Waals surface area contributed by atoms with Gasteiger partial charge >= 0.3 is 0 Å². The predicted molar refractivity (Wildman–Crippen MR) is 129 cm³/mol. The number of carbonyl (C=O) groups is 1. The highest BCUT2D eigenvalue weighted by atomic mass is 16.3. The van der Waals surface area contributed by atoms with Gasteiger partial charge in [0.1, 0.15) is 0 Å². The fourth-order valence-electron chi connectivity index (χ4n) is 4.03. The average molecular weight is 428 g/mol. The van der Waals surface area contributed by atoms with Gasteiger partial charge in [0, 0.05) is 6.42 Å². The van der Waals surface area contributed by atoms with Crippen LogP contribution in [0.2, 0.25) is 0 Å². The lowest BCUT2D eigenvalue weighted by molar-refractivity contribution is -0.122. The van der Waals surface area contributed by atoms with E-state index in [1.54, 1.807) is 6.92 Å². The van der Waals surface area contributed by atoms with Gasteiger partial charge in [-0.2, -0.15) is 0 Å². The molecule has 0 rings (SSSR count). The molecule has 0 aromatic rings. The van der Waals surface area contributed by atoms with Crippen LogP contribution in [0.5, 0.6) is 0 Å². The smallest absolute Gasteiger partial charge is 0.220 e. The molecule has 3 N–H and O–H groups in total. The van der Waals surface area contributed by atoms with Crippen molar-refractivity contribution < 1.29 is 15.0 Å². The van der Waals surface area contributed by atoms with Gasteiger partial charge in [-0.1, -0.05) is 129 Å². The number of unbranched alkanes of at least 4 members (excludes halogenated alkanes) is 17. The molecule has 0 heterocycles. The maximum Gasteiger partial charge on any atom is 0.220 e. The van der Waals surface area contributed by atoms with Crippen LogP contribution in [0, 0.1) is 0 Å². The third kappa shape index (κ3) is 19.4. The number of rotatable bonds is 23. The van der Waals surface area contributed by atoms with E-state index in [2.05, 4.69) is 12.2 Å². The zero-order chi connectivity index (χ0) is 22.3. The topological polar surface area (TPSA) is 69.6 Å². The van der Waals surface area contributed by atoms with Crippen molar-refractivity contribution in [2.45, 2.75) is 154 Å². The Labute approximate surface area is 187 Å². The first-order chi connectivity index (χ1) is 14.7. The van der Waals surface area contributed by atoms with Gasteiger partial charge in [-0.25, -0.2) is 0 Å². The summed E-state index contributed by atoms with van der Waals surface area (Å²) in [6.45, 7) is 3.85. The lowest BCUT2D eigenvalue weighted by Gasteiger charge is -2.22. The SMILES string of the molecule is CCCCCCCCCCCCCCCCCCCCC(O)C(CO)NC(=O)CC. The van der Waals surface area contributed by atoms with E-state index in [1.165, 1.54) is 103 Å². The zero-order valence-corrected chi connectivity index (χ0v) is 20.3. The summed E-state index contributed by atoms with van der Waals surface area (Å²) >= 11 is 0. The molecule has 30 heavy (non-hydrogen) atoms. The first-order valence-corrected chi connectivity index (χ1v) is 13.2. The Morgan fingerprint density at radius 2 is 1.03 bits per heavy atom. The second-order valence-corrected chi connectivity index (χ2v) is 9.08. The first-order valence-electron chi connectivity index (χ1n) is 13.2. The monoisotopic (exact) mass is 427 g/mol. The predicted octanol–water partition coefficient (Wildman–Crippen LogP) is 6.67. The summed E-state index contributed by atoms with van der Waals surface area (Å²) in [6.07, 6.45) is 24.6. The maximum atomic E-state index is 11.4. The Morgan fingerprint density at radius 3 is 1.37 bits per heavy atom. The van der Waals surface area contributed by atoms with Crippen molar-refractivity contribution in [3.8, 4) is 0 Å². The van der Waals surface area contributed by atoms with Crippen LogP contribution in [-0.2, 0) is 4.79 Å². The number of hydrogen-bond donors (Lipinski definition) is 3. The van der Waals surface area contributed by atoms with Crippen molar-refractivity contribution in [3.63, 3.8) is 0 Å². The molecule has 0 bridgehead atoms. The first kappa shape index (κ1) is 29.4. The van der Waals surface area contributed by atoms with Crippen LogP contribution in [-0.4, -0.2) is 34.9 Å². The van der Waals surface area contributed by atoms with Gasteiger partial charge in [-0.05, 0) is 6.42 Å². The highest BCUT2D eigenvalue weighted by molar-refractivity contribution is 5.75.